The molecule has 5 N–H and O–H groups in total. The SMILES string of the molecule is COc1cc(C)c(B(O)O)cc1-c1ccc2c(N)nnc(C)c2c1.O=CO. The first-order valence-corrected chi connectivity index (χ1v) is 7.99. The fourth-order valence-electron chi connectivity index (χ4n) is 2.84. The van der Waals surface area contributed by atoms with E-state index in [0.29, 0.717) is 17.0 Å². The molecule has 1 aromatic heterocycles. The van der Waals surface area contributed by atoms with Gasteiger partial charge >= 0.3 is 7.12 Å². The summed E-state index contributed by atoms with van der Waals surface area (Å²) in [5, 5.41) is 35.7. The van der Waals surface area contributed by atoms with Gasteiger partial charge in [0.25, 0.3) is 6.47 Å². The van der Waals surface area contributed by atoms with Gasteiger partial charge in [-0.05, 0) is 48.6 Å². The molecular formula is C18H20BN3O5. The molecule has 0 saturated carbocycles. The fourth-order valence-corrected chi connectivity index (χ4v) is 2.84. The number of anilines is 1. The maximum atomic E-state index is 9.57. The van der Waals surface area contributed by atoms with Crippen LogP contribution in [0.5, 0.6) is 5.75 Å². The Morgan fingerprint density at radius 1 is 1.11 bits per heavy atom. The second-order valence-corrected chi connectivity index (χ2v) is 5.82. The van der Waals surface area contributed by atoms with E-state index in [0.717, 1.165) is 33.2 Å². The Morgan fingerprint density at radius 3 is 2.37 bits per heavy atom. The molecule has 0 atom stereocenters. The first kappa shape index (κ1) is 20.2. The molecule has 0 unspecified atom stereocenters. The Kier molecular flexibility index (Phi) is 6.33. The minimum atomic E-state index is -1.54. The van der Waals surface area contributed by atoms with E-state index < -0.39 is 7.12 Å². The molecule has 27 heavy (non-hydrogen) atoms. The molecule has 3 aromatic rings. The van der Waals surface area contributed by atoms with E-state index in [9.17, 15) is 10.0 Å². The lowest BCUT2D eigenvalue weighted by Crippen LogP contribution is -2.32. The number of benzene rings is 2. The molecule has 0 aliphatic rings. The predicted molar refractivity (Wildman–Crippen MR) is 104 cm³/mol. The standard InChI is InChI=1S/C17H18BN3O3.CH2O2/c1-9-6-16(24-3)14(8-15(9)18(22)23)11-4-5-12-13(7-11)10(2)20-21-17(12)19;2-1-3/h4-8,22-23H,1-3H3,(H2,19,21);1H,(H,2,3). The van der Waals surface area contributed by atoms with Crippen LogP contribution >= 0.6 is 0 Å². The monoisotopic (exact) mass is 369 g/mol. The van der Waals surface area contributed by atoms with Crippen molar-refractivity contribution < 1.29 is 24.7 Å². The van der Waals surface area contributed by atoms with Crippen LogP contribution in [0, 0.1) is 13.8 Å². The van der Waals surface area contributed by atoms with Gasteiger partial charge in [0.2, 0.25) is 0 Å². The Morgan fingerprint density at radius 2 is 1.78 bits per heavy atom. The summed E-state index contributed by atoms with van der Waals surface area (Å²) in [6.45, 7) is 3.43. The Hall–Kier alpha value is -3.17. The van der Waals surface area contributed by atoms with Crippen molar-refractivity contribution in [2.24, 2.45) is 0 Å². The third kappa shape index (κ3) is 4.16. The van der Waals surface area contributed by atoms with Crippen LogP contribution < -0.4 is 15.9 Å². The highest BCUT2D eigenvalue weighted by Crippen LogP contribution is 2.33. The predicted octanol–water partition coefficient (Wildman–Crippen LogP) is 0.885. The minimum Gasteiger partial charge on any atom is -0.496 e. The van der Waals surface area contributed by atoms with Gasteiger partial charge in [-0.1, -0.05) is 12.1 Å². The molecule has 0 radical (unpaired) electrons. The largest absolute Gasteiger partial charge is 0.496 e. The highest BCUT2D eigenvalue weighted by Gasteiger charge is 2.18. The van der Waals surface area contributed by atoms with Crippen molar-refractivity contribution in [1.29, 1.82) is 0 Å². The number of nitrogens with zero attached hydrogens (tertiary/aromatic N) is 2. The third-order valence-corrected chi connectivity index (χ3v) is 4.17. The average molecular weight is 369 g/mol. The molecule has 0 fully saturated rings. The topological polar surface area (TPSA) is 139 Å². The first-order chi connectivity index (χ1) is 12.8. The van der Waals surface area contributed by atoms with E-state index in [2.05, 4.69) is 10.2 Å². The lowest BCUT2D eigenvalue weighted by atomic mass is 9.76. The Bertz CT molecular complexity index is 979. The molecule has 0 aliphatic carbocycles. The van der Waals surface area contributed by atoms with E-state index >= 15 is 0 Å². The van der Waals surface area contributed by atoms with Gasteiger partial charge in [0, 0.05) is 16.3 Å². The number of hydrogen-bond acceptors (Lipinski definition) is 7. The van der Waals surface area contributed by atoms with Gasteiger partial charge in [-0.15, -0.1) is 5.10 Å². The second-order valence-electron chi connectivity index (χ2n) is 5.82. The van der Waals surface area contributed by atoms with Crippen molar-refractivity contribution in [1.82, 2.24) is 10.2 Å². The number of methoxy groups -OCH3 is 1. The number of carboxylic acid groups (broad SMARTS) is 1. The zero-order valence-corrected chi connectivity index (χ0v) is 15.2. The van der Waals surface area contributed by atoms with Crippen molar-refractivity contribution in [3.63, 3.8) is 0 Å². The van der Waals surface area contributed by atoms with Crippen LogP contribution in [0.25, 0.3) is 21.9 Å². The van der Waals surface area contributed by atoms with E-state index in [1.165, 1.54) is 0 Å². The number of ether oxygens (including phenoxy) is 1. The molecule has 8 nitrogen and oxygen atoms in total. The van der Waals surface area contributed by atoms with Crippen LogP contribution in [0.3, 0.4) is 0 Å². The Labute approximate surface area is 156 Å². The number of carbonyl (C=O) groups is 1. The van der Waals surface area contributed by atoms with Gasteiger partial charge in [0.05, 0.1) is 12.8 Å². The fraction of sp³-hybridized carbons (Fsp3) is 0.167. The third-order valence-electron chi connectivity index (χ3n) is 4.17. The molecule has 1 heterocycles. The molecule has 0 bridgehead atoms. The summed E-state index contributed by atoms with van der Waals surface area (Å²) >= 11 is 0. The van der Waals surface area contributed by atoms with Gasteiger partial charge in [0.15, 0.2) is 5.82 Å². The highest BCUT2D eigenvalue weighted by molar-refractivity contribution is 6.59. The number of nitrogens with two attached hydrogens (primary N) is 1. The number of rotatable bonds is 3. The van der Waals surface area contributed by atoms with Crippen molar-refractivity contribution in [2.75, 3.05) is 12.8 Å². The number of fused-ring (bicyclic) bond motifs is 1. The van der Waals surface area contributed by atoms with Crippen LogP contribution in [0.1, 0.15) is 11.3 Å². The van der Waals surface area contributed by atoms with Crippen LogP contribution in [0.4, 0.5) is 5.82 Å². The second kappa shape index (κ2) is 8.48. The summed E-state index contributed by atoms with van der Waals surface area (Å²) in [5.41, 5.74) is 9.49. The maximum Gasteiger partial charge on any atom is 0.488 e. The smallest absolute Gasteiger partial charge is 0.488 e. The lowest BCUT2D eigenvalue weighted by Gasteiger charge is -2.14. The number of nitrogen functional groups attached to an aromatic ring is 1. The average Bonchev–Trinajstić information content (AvgIpc) is 2.64. The summed E-state index contributed by atoms with van der Waals surface area (Å²) in [4.78, 5) is 8.36. The maximum absolute atomic E-state index is 9.57. The molecule has 0 spiro atoms. The van der Waals surface area contributed by atoms with Crippen LogP contribution in [0.2, 0.25) is 0 Å². The van der Waals surface area contributed by atoms with Gasteiger partial charge in [0.1, 0.15) is 5.75 Å². The molecule has 0 saturated heterocycles. The summed E-state index contributed by atoms with van der Waals surface area (Å²) < 4.78 is 5.47. The molecule has 3 rings (SSSR count). The van der Waals surface area contributed by atoms with E-state index in [4.69, 9.17) is 20.4 Å². The van der Waals surface area contributed by atoms with Gasteiger partial charge < -0.3 is 25.6 Å². The number of aromatic nitrogens is 2. The van der Waals surface area contributed by atoms with Crippen LogP contribution in [-0.2, 0) is 4.79 Å². The van der Waals surface area contributed by atoms with E-state index in [1.807, 2.05) is 32.0 Å². The van der Waals surface area contributed by atoms with E-state index in [1.54, 1.807) is 19.2 Å². The van der Waals surface area contributed by atoms with Gasteiger partial charge in [-0.2, -0.15) is 5.10 Å². The minimum absolute atomic E-state index is 0.250. The van der Waals surface area contributed by atoms with Gasteiger partial charge in [-0.25, -0.2) is 0 Å². The molecule has 0 aliphatic heterocycles. The summed E-state index contributed by atoms with van der Waals surface area (Å²) in [6, 6.07) is 9.26. The molecule has 140 valence electrons. The zero-order chi connectivity index (χ0) is 20.1. The van der Waals surface area contributed by atoms with Crippen LogP contribution in [0.15, 0.2) is 30.3 Å². The van der Waals surface area contributed by atoms with Gasteiger partial charge in [-0.3, -0.25) is 4.79 Å². The van der Waals surface area contributed by atoms with Crippen molar-refractivity contribution in [3.05, 3.63) is 41.6 Å². The molecular weight excluding hydrogens is 349 g/mol. The first-order valence-electron chi connectivity index (χ1n) is 7.99. The van der Waals surface area contributed by atoms with Crippen LogP contribution in [-0.4, -0.2) is 46.1 Å². The zero-order valence-electron chi connectivity index (χ0n) is 15.2. The summed E-state index contributed by atoms with van der Waals surface area (Å²) in [6.07, 6.45) is 0. The normalized spacial score (nSPS) is 10.1. The van der Waals surface area contributed by atoms with E-state index in [-0.39, 0.29) is 6.47 Å². The number of hydrogen-bond donors (Lipinski definition) is 4. The summed E-state index contributed by atoms with van der Waals surface area (Å²) in [5.74, 6) is 1.04. The molecule has 9 heteroatoms. The summed E-state index contributed by atoms with van der Waals surface area (Å²) in [7, 11) is 0.0432. The number of aryl methyl sites for hydroxylation is 2. The quantitative estimate of drug-likeness (QED) is 0.394. The van der Waals surface area contributed by atoms with Crippen molar-refractivity contribution in [2.45, 2.75) is 13.8 Å². The van der Waals surface area contributed by atoms with Crippen molar-refractivity contribution >= 4 is 35.6 Å². The Balaban J connectivity index is 0.000000817. The molecule has 0 amide bonds. The highest BCUT2D eigenvalue weighted by atomic mass is 16.5. The lowest BCUT2D eigenvalue weighted by molar-refractivity contribution is -0.122. The van der Waals surface area contributed by atoms with Crippen molar-refractivity contribution in [3.8, 4) is 16.9 Å². The molecule has 2 aromatic carbocycles.